The molecule has 5 rings (SSSR count). The lowest BCUT2D eigenvalue weighted by molar-refractivity contribution is -0.0980. The number of carbonyl (C=O) groups is 1. The minimum absolute atomic E-state index is 0.00139. The molecular weight excluding hydrogens is 526 g/mol. The fraction of sp³-hybridized carbons (Fsp3) is 0.471. The van der Waals surface area contributed by atoms with Gasteiger partial charge in [-0.1, -0.05) is 79.6 Å². The third kappa shape index (κ3) is 8.46. The minimum Gasteiger partial charge on any atom is -0.395 e. The molecule has 5 N–H and O–H groups in total. The Hall–Kier alpha value is -3.14. The molecule has 8 nitrogen and oxygen atoms in total. The van der Waals surface area contributed by atoms with Crippen LogP contribution in [0.1, 0.15) is 55.7 Å². The van der Waals surface area contributed by atoms with Crippen molar-refractivity contribution in [3.05, 3.63) is 94.3 Å². The van der Waals surface area contributed by atoms with Crippen LogP contribution in [-0.4, -0.2) is 72.7 Å². The number of H-pyrrole nitrogens is 1. The van der Waals surface area contributed by atoms with Gasteiger partial charge in [-0.2, -0.15) is 0 Å². The van der Waals surface area contributed by atoms with Crippen LogP contribution in [0.2, 0.25) is 0 Å². The lowest BCUT2D eigenvalue weighted by atomic mass is 9.92. The number of aliphatic hydroxyl groups is 1. The molecule has 1 aliphatic carbocycles. The number of nitrogens with zero attached hydrogens (tertiary/aromatic N) is 1. The second kappa shape index (κ2) is 16.5. The SMILES string of the molecule is C=O.O=c1[nH]c(-c2ccccc2)ccc1CN1CCNC(c2ccccc2)CC(NCCO)CCNCC12CCCC2. The van der Waals surface area contributed by atoms with E-state index in [-0.39, 0.29) is 23.7 Å². The number of aromatic amines is 1. The van der Waals surface area contributed by atoms with Crippen molar-refractivity contribution in [2.24, 2.45) is 0 Å². The molecule has 1 aliphatic heterocycles. The van der Waals surface area contributed by atoms with Gasteiger partial charge in [-0.15, -0.1) is 0 Å². The zero-order valence-electron chi connectivity index (χ0n) is 24.7. The molecule has 0 amide bonds. The molecule has 2 aromatic carbocycles. The topological polar surface area (TPSA) is 109 Å². The molecule has 8 heteroatoms. The molecule has 42 heavy (non-hydrogen) atoms. The molecule has 1 saturated heterocycles. The summed E-state index contributed by atoms with van der Waals surface area (Å²) < 4.78 is 0. The number of hydrogen-bond acceptors (Lipinski definition) is 7. The van der Waals surface area contributed by atoms with Gasteiger partial charge >= 0.3 is 0 Å². The summed E-state index contributed by atoms with van der Waals surface area (Å²) in [6.45, 7) is 6.98. The quantitative estimate of drug-likeness (QED) is 0.294. The van der Waals surface area contributed by atoms with Crippen LogP contribution >= 0.6 is 0 Å². The van der Waals surface area contributed by atoms with Crippen LogP contribution in [0.4, 0.5) is 0 Å². The average Bonchev–Trinajstić information content (AvgIpc) is 3.52. The third-order valence-corrected chi connectivity index (χ3v) is 8.81. The summed E-state index contributed by atoms with van der Waals surface area (Å²) in [6.07, 6.45) is 6.70. The highest BCUT2D eigenvalue weighted by Crippen LogP contribution is 2.36. The maximum Gasteiger partial charge on any atom is 0.252 e. The van der Waals surface area contributed by atoms with Gasteiger partial charge in [0.05, 0.1) is 6.61 Å². The fourth-order valence-electron chi connectivity index (χ4n) is 6.59. The first-order chi connectivity index (χ1) is 20.7. The summed E-state index contributed by atoms with van der Waals surface area (Å²) in [5.74, 6) is 0. The van der Waals surface area contributed by atoms with Crippen molar-refractivity contribution >= 4 is 6.79 Å². The van der Waals surface area contributed by atoms with Crippen molar-refractivity contribution < 1.29 is 9.90 Å². The molecule has 2 fully saturated rings. The van der Waals surface area contributed by atoms with Gasteiger partial charge in [0.2, 0.25) is 0 Å². The molecule has 3 aromatic rings. The Bertz CT molecular complexity index is 1250. The van der Waals surface area contributed by atoms with Gasteiger partial charge in [0, 0.05) is 61.6 Å². The zero-order valence-corrected chi connectivity index (χ0v) is 24.7. The number of nitrogens with one attached hydrogen (secondary N) is 4. The molecule has 2 atom stereocenters. The monoisotopic (exact) mass is 573 g/mol. The molecule has 226 valence electrons. The predicted molar refractivity (Wildman–Crippen MR) is 169 cm³/mol. The van der Waals surface area contributed by atoms with Gasteiger partial charge in [-0.3, -0.25) is 9.69 Å². The van der Waals surface area contributed by atoms with E-state index in [2.05, 4.69) is 56.2 Å². The zero-order chi connectivity index (χ0) is 29.6. The average molecular weight is 574 g/mol. The smallest absolute Gasteiger partial charge is 0.252 e. The number of benzene rings is 2. The molecular formula is C34H47N5O3. The Kier molecular flexibility index (Phi) is 12.5. The Morgan fingerprint density at radius 2 is 1.67 bits per heavy atom. The molecule has 2 heterocycles. The second-order valence-corrected chi connectivity index (χ2v) is 11.4. The Morgan fingerprint density at radius 3 is 2.36 bits per heavy atom. The number of aromatic nitrogens is 1. The summed E-state index contributed by atoms with van der Waals surface area (Å²) in [6, 6.07) is 25.3. The first-order valence-electron chi connectivity index (χ1n) is 15.3. The predicted octanol–water partition coefficient (Wildman–Crippen LogP) is 3.64. The summed E-state index contributed by atoms with van der Waals surface area (Å²) in [7, 11) is 0. The Balaban J connectivity index is 0.00000198. The van der Waals surface area contributed by atoms with Gasteiger partial charge in [0.25, 0.3) is 5.56 Å². The molecule has 1 spiro atoms. The number of rotatable bonds is 7. The highest BCUT2D eigenvalue weighted by molar-refractivity contribution is 5.58. The molecule has 0 radical (unpaired) electrons. The van der Waals surface area contributed by atoms with Crippen LogP contribution in [0.15, 0.2) is 77.6 Å². The first-order valence-corrected chi connectivity index (χ1v) is 15.3. The summed E-state index contributed by atoms with van der Waals surface area (Å²) in [5, 5.41) is 20.7. The molecule has 1 aromatic heterocycles. The van der Waals surface area contributed by atoms with E-state index in [0.717, 1.165) is 68.7 Å². The maximum absolute atomic E-state index is 13.3. The van der Waals surface area contributed by atoms with Crippen LogP contribution in [0.5, 0.6) is 0 Å². The molecule has 1 saturated carbocycles. The van der Waals surface area contributed by atoms with E-state index in [1.807, 2.05) is 49.3 Å². The molecule has 0 bridgehead atoms. The van der Waals surface area contributed by atoms with Crippen LogP contribution in [-0.2, 0) is 11.3 Å². The van der Waals surface area contributed by atoms with Crippen molar-refractivity contribution in [3.8, 4) is 11.3 Å². The van der Waals surface area contributed by atoms with Crippen molar-refractivity contribution in [1.29, 1.82) is 0 Å². The van der Waals surface area contributed by atoms with Crippen molar-refractivity contribution in [1.82, 2.24) is 25.8 Å². The van der Waals surface area contributed by atoms with Crippen molar-refractivity contribution in [2.75, 3.05) is 39.3 Å². The standard InChI is InChI=1S/C33H45N5O2.CH2O/c39-22-20-35-29-15-18-34-25-33(16-7-8-17-33)38(21-19-36-31(23-29)27-11-5-2-6-12-27)24-28-13-14-30(37-32(28)40)26-9-3-1-4-10-26;1-2/h1-6,9-14,29,31,34-36,39H,7-8,15-25H2,(H,37,40);1H2. The summed E-state index contributed by atoms with van der Waals surface area (Å²) in [4.78, 5) is 27.0. The summed E-state index contributed by atoms with van der Waals surface area (Å²) >= 11 is 0. The Morgan fingerprint density at radius 1 is 0.952 bits per heavy atom. The van der Waals surface area contributed by atoms with Gasteiger partial charge < -0.3 is 30.8 Å². The first kappa shape index (κ1) is 31.8. The van der Waals surface area contributed by atoms with Gasteiger partial charge in [0.1, 0.15) is 6.79 Å². The maximum atomic E-state index is 13.3. The van der Waals surface area contributed by atoms with Crippen molar-refractivity contribution in [2.45, 2.75) is 62.7 Å². The van der Waals surface area contributed by atoms with Gasteiger partial charge in [0.15, 0.2) is 0 Å². The molecule has 2 aliphatic rings. The summed E-state index contributed by atoms with van der Waals surface area (Å²) in [5.41, 5.74) is 4.04. The van der Waals surface area contributed by atoms with E-state index in [1.165, 1.54) is 18.4 Å². The van der Waals surface area contributed by atoms with Crippen LogP contribution in [0, 0.1) is 0 Å². The highest BCUT2D eigenvalue weighted by atomic mass is 16.3. The van der Waals surface area contributed by atoms with Crippen LogP contribution in [0.3, 0.4) is 0 Å². The van der Waals surface area contributed by atoms with E-state index in [4.69, 9.17) is 4.79 Å². The highest BCUT2D eigenvalue weighted by Gasteiger charge is 2.39. The second-order valence-electron chi connectivity index (χ2n) is 11.4. The van der Waals surface area contributed by atoms with Gasteiger partial charge in [-0.05, 0) is 49.4 Å². The lowest BCUT2D eigenvalue weighted by Gasteiger charge is -2.43. The number of hydrogen-bond donors (Lipinski definition) is 5. The van der Waals surface area contributed by atoms with E-state index in [9.17, 15) is 9.90 Å². The number of aliphatic hydroxyl groups excluding tert-OH is 1. The van der Waals surface area contributed by atoms with E-state index in [1.54, 1.807) is 0 Å². The number of carbonyl (C=O) groups excluding carboxylic acids is 1. The van der Waals surface area contributed by atoms with Crippen LogP contribution in [0.25, 0.3) is 11.3 Å². The van der Waals surface area contributed by atoms with Crippen LogP contribution < -0.4 is 21.5 Å². The van der Waals surface area contributed by atoms with E-state index >= 15 is 0 Å². The fourth-order valence-corrected chi connectivity index (χ4v) is 6.59. The van der Waals surface area contributed by atoms with E-state index in [0.29, 0.717) is 19.1 Å². The Labute approximate surface area is 249 Å². The largest absolute Gasteiger partial charge is 0.395 e. The lowest BCUT2D eigenvalue weighted by Crippen LogP contribution is -2.55. The molecule has 2 unspecified atom stereocenters. The van der Waals surface area contributed by atoms with E-state index < -0.39 is 0 Å². The number of pyridine rings is 1. The van der Waals surface area contributed by atoms with Gasteiger partial charge in [-0.25, -0.2) is 0 Å². The third-order valence-electron chi connectivity index (χ3n) is 8.81. The minimum atomic E-state index is 0.00139. The van der Waals surface area contributed by atoms with Crippen molar-refractivity contribution in [3.63, 3.8) is 0 Å². The normalized spacial score (nSPS) is 21.5.